The molecular formula is C20H14ClFN2O6. The Labute approximate surface area is 173 Å². The molecular weight excluding hydrogens is 419 g/mol. The van der Waals surface area contributed by atoms with E-state index in [4.69, 9.17) is 22.1 Å². The van der Waals surface area contributed by atoms with Crippen molar-refractivity contribution in [1.29, 1.82) is 0 Å². The Balaban J connectivity index is 1.98. The number of nitrogens with two attached hydrogens (primary N) is 1. The summed E-state index contributed by atoms with van der Waals surface area (Å²) in [6.45, 7) is -0.121. The first-order valence-corrected chi connectivity index (χ1v) is 8.77. The summed E-state index contributed by atoms with van der Waals surface area (Å²) in [4.78, 5) is 37.3. The van der Waals surface area contributed by atoms with Gasteiger partial charge in [0.2, 0.25) is 0 Å². The van der Waals surface area contributed by atoms with Crippen LogP contribution in [0.1, 0.15) is 26.3 Å². The maximum Gasteiger partial charge on any atom is 0.342 e. The number of aromatic amines is 1. The fourth-order valence-corrected chi connectivity index (χ4v) is 3.07. The summed E-state index contributed by atoms with van der Waals surface area (Å²) < 4.78 is 19.4. The molecule has 0 aliphatic heterocycles. The molecule has 3 aromatic rings. The van der Waals surface area contributed by atoms with Crippen molar-refractivity contribution in [1.82, 2.24) is 4.98 Å². The number of nitrogen functional groups attached to an aromatic ring is 1. The predicted molar refractivity (Wildman–Crippen MR) is 107 cm³/mol. The monoisotopic (exact) mass is 432 g/mol. The third kappa shape index (κ3) is 3.96. The van der Waals surface area contributed by atoms with E-state index >= 15 is 0 Å². The molecule has 0 aliphatic carbocycles. The van der Waals surface area contributed by atoms with Crippen molar-refractivity contribution < 1.29 is 28.9 Å². The molecule has 0 radical (unpaired) electrons. The summed E-state index contributed by atoms with van der Waals surface area (Å²) in [5, 5.41) is 18.8. The number of H-pyrrole nitrogens is 1. The van der Waals surface area contributed by atoms with Crippen LogP contribution in [-0.4, -0.2) is 27.1 Å². The number of carboxylic acid groups (broad SMARTS) is 2. The fourth-order valence-electron chi connectivity index (χ4n) is 2.87. The number of ether oxygens (including phenoxy) is 1. The van der Waals surface area contributed by atoms with Crippen LogP contribution in [0.25, 0.3) is 11.1 Å². The number of aromatic nitrogens is 1. The highest BCUT2D eigenvalue weighted by Crippen LogP contribution is 2.30. The molecule has 8 nitrogen and oxygen atoms in total. The number of anilines is 1. The van der Waals surface area contributed by atoms with Crippen molar-refractivity contribution in [2.45, 2.75) is 6.61 Å². The second-order valence-corrected chi connectivity index (χ2v) is 6.54. The largest absolute Gasteiger partial charge is 0.489 e. The van der Waals surface area contributed by atoms with Crippen molar-refractivity contribution >= 4 is 29.4 Å². The van der Waals surface area contributed by atoms with Gasteiger partial charge in [0.15, 0.2) is 0 Å². The van der Waals surface area contributed by atoms with Gasteiger partial charge in [-0.15, -0.1) is 0 Å². The van der Waals surface area contributed by atoms with Crippen LogP contribution in [0.5, 0.6) is 5.75 Å². The van der Waals surface area contributed by atoms with Crippen LogP contribution in [0.3, 0.4) is 0 Å². The van der Waals surface area contributed by atoms with Gasteiger partial charge in [0.1, 0.15) is 35.1 Å². The molecule has 0 bridgehead atoms. The Morgan fingerprint density at radius 3 is 2.30 bits per heavy atom. The lowest BCUT2D eigenvalue weighted by Gasteiger charge is -2.13. The van der Waals surface area contributed by atoms with Gasteiger partial charge in [-0.1, -0.05) is 35.9 Å². The topological polar surface area (TPSA) is 143 Å². The van der Waals surface area contributed by atoms with E-state index in [0.29, 0.717) is 5.75 Å². The quantitative estimate of drug-likeness (QED) is 0.467. The number of carboxylic acids is 2. The first kappa shape index (κ1) is 20.9. The summed E-state index contributed by atoms with van der Waals surface area (Å²) >= 11 is 5.73. The van der Waals surface area contributed by atoms with Gasteiger partial charge in [0.05, 0.1) is 5.02 Å². The van der Waals surface area contributed by atoms with Crippen LogP contribution in [0.15, 0.2) is 47.3 Å². The van der Waals surface area contributed by atoms with E-state index in [1.54, 1.807) is 6.07 Å². The summed E-state index contributed by atoms with van der Waals surface area (Å²) in [5.74, 6) is -3.88. The summed E-state index contributed by atoms with van der Waals surface area (Å²) in [6.07, 6.45) is 0. The lowest BCUT2D eigenvalue weighted by atomic mass is 9.95. The van der Waals surface area contributed by atoms with Crippen LogP contribution < -0.4 is 16.0 Å². The van der Waals surface area contributed by atoms with Gasteiger partial charge >= 0.3 is 11.9 Å². The smallest absolute Gasteiger partial charge is 0.342 e. The molecule has 5 N–H and O–H groups in total. The zero-order valence-electron chi connectivity index (χ0n) is 15.1. The first-order chi connectivity index (χ1) is 14.2. The van der Waals surface area contributed by atoms with Crippen molar-refractivity contribution in [2.75, 3.05) is 5.73 Å². The number of hydrogen-bond acceptors (Lipinski definition) is 5. The minimum atomic E-state index is -1.61. The second kappa shape index (κ2) is 8.26. The standard InChI is InChI=1S/C20H14ClFN2O6/c21-12-3-1-2-10(16(12)22)8-30-11-6-4-9(5-7-11)13-14(19(26)27)17(23)24-18(25)15(13)20(28)29/h1-7H,8H2,(H,26,27)(H,28,29)(H3,23,24,25). The fraction of sp³-hybridized carbons (Fsp3) is 0.0500. The molecule has 0 saturated heterocycles. The Morgan fingerprint density at radius 2 is 1.70 bits per heavy atom. The minimum Gasteiger partial charge on any atom is -0.489 e. The Hall–Kier alpha value is -3.85. The SMILES string of the molecule is Nc1[nH]c(=O)c(C(=O)O)c(-c2ccc(OCc3cccc(Cl)c3F)cc2)c1C(=O)O. The molecule has 1 heterocycles. The molecule has 30 heavy (non-hydrogen) atoms. The van der Waals surface area contributed by atoms with E-state index in [9.17, 15) is 29.0 Å². The lowest BCUT2D eigenvalue weighted by Crippen LogP contribution is -2.24. The predicted octanol–water partition coefficient (Wildman–Crippen LogP) is 3.39. The molecule has 0 amide bonds. The van der Waals surface area contributed by atoms with Gasteiger partial charge in [-0.2, -0.15) is 0 Å². The number of benzene rings is 2. The molecule has 0 saturated carbocycles. The average molecular weight is 433 g/mol. The zero-order chi connectivity index (χ0) is 22.0. The summed E-state index contributed by atoms with van der Waals surface area (Å²) in [7, 11) is 0. The van der Waals surface area contributed by atoms with Crippen LogP contribution in [-0.2, 0) is 6.61 Å². The number of rotatable bonds is 6. The van der Waals surface area contributed by atoms with Gasteiger partial charge < -0.3 is 25.7 Å². The van der Waals surface area contributed by atoms with Gasteiger partial charge in [-0.05, 0) is 23.8 Å². The van der Waals surface area contributed by atoms with Gasteiger partial charge in [-0.25, -0.2) is 14.0 Å². The van der Waals surface area contributed by atoms with Crippen molar-refractivity contribution in [3.05, 3.63) is 80.3 Å². The van der Waals surface area contributed by atoms with Crippen LogP contribution in [0.4, 0.5) is 10.2 Å². The first-order valence-electron chi connectivity index (χ1n) is 8.39. The highest BCUT2D eigenvalue weighted by molar-refractivity contribution is 6.30. The number of pyridine rings is 1. The minimum absolute atomic E-state index is 0.0410. The summed E-state index contributed by atoms with van der Waals surface area (Å²) in [5.41, 5.74) is 3.30. The van der Waals surface area contributed by atoms with E-state index in [0.717, 1.165) is 0 Å². The molecule has 154 valence electrons. The van der Waals surface area contributed by atoms with Crippen LogP contribution in [0, 0.1) is 5.82 Å². The number of hydrogen-bond donors (Lipinski definition) is 4. The third-order valence-electron chi connectivity index (χ3n) is 4.24. The highest BCUT2D eigenvalue weighted by Gasteiger charge is 2.26. The maximum atomic E-state index is 13.9. The van der Waals surface area contributed by atoms with E-state index in [-0.39, 0.29) is 28.3 Å². The van der Waals surface area contributed by atoms with Crippen LogP contribution >= 0.6 is 11.6 Å². The van der Waals surface area contributed by atoms with E-state index in [2.05, 4.69) is 0 Å². The second-order valence-electron chi connectivity index (χ2n) is 6.13. The number of nitrogens with one attached hydrogen (secondary N) is 1. The van der Waals surface area contributed by atoms with Gasteiger partial charge in [0, 0.05) is 11.1 Å². The third-order valence-corrected chi connectivity index (χ3v) is 4.53. The molecule has 1 aromatic heterocycles. The van der Waals surface area contributed by atoms with Crippen LogP contribution in [0.2, 0.25) is 5.02 Å². The molecule has 0 fully saturated rings. The zero-order valence-corrected chi connectivity index (χ0v) is 15.9. The van der Waals surface area contributed by atoms with Crippen molar-refractivity contribution in [3.63, 3.8) is 0 Å². The van der Waals surface area contributed by atoms with Gasteiger partial charge in [0.25, 0.3) is 5.56 Å². The number of halogens is 2. The molecule has 0 unspecified atom stereocenters. The van der Waals surface area contributed by atoms with Crippen molar-refractivity contribution in [3.8, 4) is 16.9 Å². The van der Waals surface area contributed by atoms with Crippen molar-refractivity contribution in [2.24, 2.45) is 0 Å². The molecule has 0 spiro atoms. The number of aromatic carboxylic acids is 2. The Morgan fingerprint density at radius 1 is 1.07 bits per heavy atom. The highest BCUT2D eigenvalue weighted by atomic mass is 35.5. The molecule has 0 atom stereocenters. The summed E-state index contributed by atoms with van der Waals surface area (Å²) in [6, 6.07) is 10.1. The van der Waals surface area contributed by atoms with E-state index < -0.39 is 40.3 Å². The molecule has 0 aliphatic rings. The number of carbonyl (C=O) groups is 2. The Bertz CT molecular complexity index is 1210. The maximum absolute atomic E-state index is 13.9. The normalized spacial score (nSPS) is 10.6. The lowest BCUT2D eigenvalue weighted by molar-refractivity contribution is 0.0695. The van der Waals surface area contributed by atoms with E-state index in [1.165, 1.54) is 36.4 Å². The van der Waals surface area contributed by atoms with E-state index in [1.807, 2.05) is 4.98 Å². The molecule has 2 aromatic carbocycles. The average Bonchev–Trinajstić information content (AvgIpc) is 2.68. The van der Waals surface area contributed by atoms with Gasteiger partial charge in [-0.3, -0.25) is 4.79 Å². The molecule has 10 heteroatoms. The Kier molecular flexibility index (Phi) is 5.74. The molecule has 3 rings (SSSR count).